The maximum Gasteiger partial charge on any atom is 0.224 e. The predicted molar refractivity (Wildman–Crippen MR) is 145 cm³/mol. The van der Waals surface area contributed by atoms with Crippen LogP contribution in [0.15, 0.2) is 88.7 Å². The Morgan fingerprint density at radius 3 is 2.49 bits per heavy atom. The Balaban J connectivity index is 1.42. The van der Waals surface area contributed by atoms with Gasteiger partial charge in [-0.05, 0) is 41.7 Å². The summed E-state index contributed by atoms with van der Waals surface area (Å²) >= 11 is 1.47. The number of carbonyl (C=O) groups excluding carboxylic acids is 1. The zero-order chi connectivity index (χ0) is 26.7. The van der Waals surface area contributed by atoms with Gasteiger partial charge >= 0.3 is 0 Å². The van der Waals surface area contributed by atoms with Crippen LogP contribution in [0.3, 0.4) is 0 Å². The molecular formula is C31H24F2N2O3S. The number of aromatic nitrogens is 1. The third kappa shape index (κ3) is 3.88. The molecule has 0 saturated heterocycles. The molecule has 1 aromatic heterocycles. The second-order valence-corrected chi connectivity index (χ2v) is 11.4. The summed E-state index contributed by atoms with van der Waals surface area (Å²) in [5, 5.41) is 2.03. The molecule has 0 amide bonds. The quantitative estimate of drug-likeness (QED) is 0.316. The number of Topliss-reactive ketones (excluding diaryl/α,β-unsaturated/α-hetero) is 1. The Kier molecular flexibility index (Phi) is 5.63. The molecule has 1 saturated carbocycles. The SMILES string of the molecule is O=C1c2c(OCc3ccccc3)c(=O)ccn2N([C@H]2c3ccccc3SCc3c2ccc(F)c3F)CC12CC2. The lowest BCUT2D eigenvalue weighted by Crippen LogP contribution is -2.52. The lowest BCUT2D eigenvalue weighted by molar-refractivity contribution is 0.0853. The molecule has 0 N–H and O–H groups in total. The standard InChI is InChI=1S/C31H24F2N2O3S/c32-23-11-10-20-22(26(23)33)17-39-25-9-5-4-8-21(25)27(20)35-18-31(13-14-31)30(37)28-29(24(36)12-15-34(28)35)38-16-19-6-2-1-3-7-19/h1-12,15,27H,13-14,16-18H2/t27-/m1/s1. The second kappa shape index (κ2) is 9.09. The Morgan fingerprint density at radius 1 is 0.923 bits per heavy atom. The smallest absolute Gasteiger partial charge is 0.224 e. The van der Waals surface area contributed by atoms with E-state index in [1.54, 1.807) is 16.9 Å². The number of fused-ring (bicyclic) bond motifs is 3. The maximum absolute atomic E-state index is 15.2. The molecule has 5 nitrogen and oxygen atoms in total. The fraction of sp³-hybridized carbons (Fsp3) is 0.226. The second-order valence-electron chi connectivity index (χ2n) is 10.3. The van der Waals surface area contributed by atoms with Gasteiger partial charge in [0.05, 0.1) is 11.5 Å². The average Bonchev–Trinajstić information content (AvgIpc) is 3.75. The van der Waals surface area contributed by atoms with Gasteiger partial charge in [-0.1, -0.05) is 54.6 Å². The highest BCUT2D eigenvalue weighted by Gasteiger charge is 2.57. The number of carbonyl (C=O) groups is 1. The summed E-state index contributed by atoms with van der Waals surface area (Å²) in [5.74, 6) is -1.54. The van der Waals surface area contributed by atoms with Crippen LogP contribution in [0.5, 0.6) is 5.75 Å². The van der Waals surface area contributed by atoms with E-state index in [1.165, 1.54) is 23.9 Å². The lowest BCUT2D eigenvalue weighted by Gasteiger charge is -2.43. The molecule has 1 aliphatic carbocycles. The fourth-order valence-corrected chi connectivity index (χ4v) is 6.86. The summed E-state index contributed by atoms with van der Waals surface area (Å²) in [6.45, 7) is 0.533. The van der Waals surface area contributed by atoms with Gasteiger partial charge in [-0.2, -0.15) is 0 Å². The van der Waals surface area contributed by atoms with E-state index in [0.717, 1.165) is 16.0 Å². The summed E-state index contributed by atoms with van der Waals surface area (Å²) < 4.78 is 37.3. The third-order valence-electron chi connectivity index (χ3n) is 7.96. The molecule has 1 fully saturated rings. The van der Waals surface area contributed by atoms with Crippen molar-refractivity contribution in [2.75, 3.05) is 11.6 Å². The number of nitrogens with zero attached hydrogens (tertiary/aromatic N) is 2. The number of ether oxygens (including phenoxy) is 1. The van der Waals surface area contributed by atoms with Gasteiger partial charge in [-0.25, -0.2) is 8.78 Å². The lowest BCUT2D eigenvalue weighted by atomic mass is 9.89. The van der Waals surface area contributed by atoms with Gasteiger partial charge in [0.2, 0.25) is 5.43 Å². The summed E-state index contributed by atoms with van der Waals surface area (Å²) in [5.41, 5.74) is 1.97. The highest BCUT2D eigenvalue weighted by Crippen LogP contribution is 2.54. The van der Waals surface area contributed by atoms with Crippen molar-refractivity contribution < 1.29 is 18.3 Å². The van der Waals surface area contributed by atoms with Gasteiger partial charge < -0.3 is 4.74 Å². The largest absolute Gasteiger partial charge is 0.483 e. The van der Waals surface area contributed by atoms with E-state index >= 15 is 4.39 Å². The molecule has 1 atom stereocenters. The normalized spacial score (nSPS) is 18.7. The van der Waals surface area contributed by atoms with Gasteiger partial charge in [-0.3, -0.25) is 19.3 Å². The number of hydrogen-bond donors (Lipinski definition) is 0. The molecule has 3 aliphatic rings. The van der Waals surface area contributed by atoms with Crippen molar-refractivity contribution in [2.24, 2.45) is 5.41 Å². The zero-order valence-electron chi connectivity index (χ0n) is 20.9. The van der Waals surface area contributed by atoms with Crippen LogP contribution in [0.25, 0.3) is 0 Å². The van der Waals surface area contributed by atoms with E-state index in [4.69, 9.17) is 4.74 Å². The number of ketones is 1. The van der Waals surface area contributed by atoms with Gasteiger partial charge in [0.25, 0.3) is 0 Å². The topological polar surface area (TPSA) is 51.5 Å². The monoisotopic (exact) mass is 542 g/mol. The highest BCUT2D eigenvalue weighted by molar-refractivity contribution is 7.98. The van der Waals surface area contributed by atoms with Crippen molar-refractivity contribution in [3.63, 3.8) is 0 Å². The molecule has 8 heteroatoms. The van der Waals surface area contributed by atoms with E-state index in [0.29, 0.717) is 30.5 Å². The predicted octanol–water partition coefficient (Wildman–Crippen LogP) is 6.02. The first kappa shape index (κ1) is 24.2. The summed E-state index contributed by atoms with van der Waals surface area (Å²) in [6, 6.07) is 21.0. The van der Waals surface area contributed by atoms with Crippen LogP contribution < -0.4 is 15.2 Å². The average molecular weight is 543 g/mol. The van der Waals surface area contributed by atoms with E-state index in [9.17, 15) is 14.0 Å². The van der Waals surface area contributed by atoms with Crippen molar-refractivity contribution in [2.45, 2.75) is 36.1 Å². The number of benzene rings is 3. The number of hydrogen-bond acceptors (Lipinski definition) is 5. The van der Waals surface area contributed by atoms with E-state index in [2.05, 4.69) is 0 Å². The summed E-state index contributed by atoms with van der Waals surface area (Å²) in [6.07, 6.45) is 2.98. The van der Waals surface area contributed by atoms with Gasteiger partial charge in [-0.15, -0.1) is 11.8 Å². The molecule has 3 aromatic carbocycles. The molecular weight excluding hydrogens is 518 g/mol. The minimum Gasteiger partial charge on any atom is -0.483 e. The van der Waals surface area contributed by atoms with E-state index in [1.807, 2.05) is 59.6 Å². The molecule has 4 aromatic rings. The van der Waals surface area contributed by atoms with Crippen molar-refractivity contribution in [3.8, 4) is 5.75 Å². The Morgan fingerprint density at radius 2 is 1.69 bits per heavy atom. The molecule has 39 heavy (non-hydrogen) atoms. The third-order valence-corrected chi connectivity index (χ3v) is 9.08. The van der Waals surface area contributed by atoms with Crippen LogP contribution in [0, 0.1) is 17.0 Å². The van der Waals surface area contributed by atoms with Crippen molar-refractivity contribution in [1.82, 2.24) is 4.68 Å². The van der Waals surface area contributed by atoms with Crippen LogP contribution in [0.4, 0.5) is 8.78 Å². The number of halogens is 2. The van der Waals surface area contributed by atoms with Crippen LogP contribution in [-0.4, -0.2) is 17.0 Å². The number of rotatable bonds is 4. The van der Waals surface area contributed by atoms with Crippen LogP contribution >= 0.6 is 11.8 Å². The molecule has 0 radical (unpaired) electrons. The van der Waals surface area contributed by atoms with E-state index < -0.39 is 23.1 Å². The molecule has 196 valence electrons. The summed E-state index contributed by atoms with van der Waals surface area (Å²) in [7, 11) is 0. The molecule has 1 spiro atoms. The van der Waals surface area contributed by atoms with Gasteiger partial charge in [0.1, 0.15) is 6.61 Å². The van der Waals surface area contributed by atoms with Crippen molar-refractivity contribution >= 4 is 17.5 Å². The van der Waals surface area contributed by atoms with Crippen LogP contribution in [0.2, 0.25) is 0 Å². The first-order chi connectivity index (χ1) is 19.0. The number of pyridine rings is 1. The molecule has 3 heterocycles. The Labute approximate surface area is 228 Å². The zero-order valence-corrected chi connectivity index (χ0v) is 21.7. The Hall–Kier alpha value is -3.91. The molecule has 0 unspecified atom stereocenters. The Bertz CT molecular complexity index is 1680. The van der Waals surface area contributed by atoms with Gasteiger partial charge in [0, 0.05) is 35.0 Å². The van der Waals surface area contributed by atoms with Crippen LogP contribution in [0.1, 0.15) is 51.6 Å². The molecule has 7 rings (SSSR count). The van der Waals surface area contributed by atoms with Gasteiger partial charge in [0.15, 0.2) is 28.9 Å². The van der Waals surface area contributed by atoms with Crippen molar-refractivity contribution in [1.29, 1.82) is 0 Å². The first-order valence-corrected chi connectivity index (χ1v) is 13.9. The molecule has 2 aliphatic heterocycles. The molecule has 0 bridgehead atoms. The van der Waals surface area contributed by atoms with E-state index in [-0.39, 0.29) is 35.0 Å². The number of thioether (sulfide) groups is 1. The summed E-state index contributed by atoms with van der Waals surface area (Å²) in [4.78, 5) is 28.0. The van der Waals surface area contributed by atoms with Crippen molar-refractivity contribution in [3.05, 3.63) is 129 Å². The fourth-order valence-electron chi connectivity index (χ4n) is 5.75. The van der Waals surface area contributed by atoms with Crippen LogP contribution in [-0.2, 0) is 12.4 Å². The minimum absolute atomic E-state index is 0.0177. The highest BCUT2D eigenvalue weighted by atomic mass is 32.2. The maximum atomic E-state index is 15.2. The minimum atomic E-state index is -0.882. The first-order valence-electron chi connectivity index (χ1n) is 12.9.